The lowest BCUT2D eigenvalue weighted by molar-refractivity contribution is -0.123. The molecule has 51 heavy (non-hydrogen) atoms. The third-order valence-corrected chi connectivity index (χ3v) is 9.93. The van der Waals surface area contributed by atoms with Crippen LogP contribution in [-0.4, -0.2) is 62.4 Å². The maximum atomic E-state index is 13.5. The fraction of sp³-hybridized carbons (Fsp3) is 0.243. The molecule has 0 aromatic heterocycles. The third-order valence-electron chi connectivity index (χ3n) is 8.19. The molecule has 7 N–H and O–H groups in total. The van der Waals surface area contributed by atoms with Crippen molar-refractivity contribution in [2.75, 3.05) is 13.2 Å². The molecule has 4 aromatic rings. The van der Waals surface area contributed by atoms with Crippen LogP contribution in [0, 0.1) is 0 Å². The highest BCUT2D eigenvalue weighted by molar-refractivity contribution is 8.23. The van der Waals surface area contributed by atoms with E-state index in [1.165, 1.54) is 18.2 Å². The van der Waals surface area contributed by atoms with Crippen LogP contribution in [0.15, 0.2) is 97.1 Å². The van der Waals surface area contributed by atoms with E-state index >= 15 is 0 Å². The molecule has 0 bridgehead atoms. The van der Waals surface area contributed by atoms with E-state index in [1.807, 2.05) is 54.6 Å². The maximum Gasteiger partial charge on any atom is 0.408 e. The lowest BCUT2D eigenvalue weighted by Gasteiger charge is -2.34. The van der Waals surface area contributed by atoms with Crippen LogP contribution in [0.1, 0.15) is 51.6 Å². The Morgan fingerprint density at radius 3 is 2.31 bits per heavy atom. The number of amides is 3. The van der Waals surface area contributed by atoms with Gasteiger partial charge in [-0.3, -0.25) is 23.4 Å². The highest BCUT2D eigenvalue weighted by Gasteiger charge is 2.39. The number of rotatable bonds is 15. The Morgan fingerprint density at radius 2 is 1.63 bits per heavy atom. The summed E-state index contributed by atoms with van der Waals surface area (Å²) in [6, 6.07) is 26.7. The molecule has 0 aliphatic carbocycles. The second kappa shape index (κ2) is 16.9. The Bertz CT molecular complexity index is 1860. The van der Waals surface area contributed by atoms with Crippen LogP contribution in [0.5, 0.6) is 11.5 Å². The summed E-state index contributed by atoms with van der Waals surface area (Å²) in [7, 11) is -3.44. The second-order valence-electron chi connectivity index (χ2n) is 11.9. The van der Waals surface area contributed by atoms with Gasteiger partial charge in [-0.1, -0.05) is 84.9 Å². The van der Waals surface area contributed by atoms with Gasteiger partial charge in [0, 0.05) is 13.0 Å². The lowest BCUT2D eigenvalue weighted by Crippen LogP contribution is -2.48. The Hall–Kier alpha value is -5.57. The van der Waals surface area contributed by atoms with Gasteiger partial charge in [0.1, 0.15) is 35.0 Å². The van der Waals surface area contributed by atoms with E-state index in [2.05, 4.69) is 15.4 Å². The number of carbonyl (C=O) groups is 4. The number of benzene rings is 4. The number of carboxylic acids is 1. The van der Waals surface area contributed by atoms with Crippen molar-refractivity contribution < 1.29 is 48.0 Å². The second-order valence-corrected chi connectivity index (χ2v) is 13.8. The van der Waals surface area contributed by atoms with Crippen LogP contribution < -0.4 is 20.1 Å². The first-order chi connectivity index (χ1) is 24.5. The summed E-state index contributed by atoms with van der Waals surface area (Å²) in [6.07, 6.45) is 0.0820. The van der Waals surface area contributed by atoms with Crippen molar-refractivity contribution in [2.24, 2.45) is 0 Å². The molecular weight excluding hydrogens is 678 g/mol. The summed E-state index contributed by atoms with van der Waals surface area (Å²) in [4.78, 5) is 50.0. The topological polar surface area (TPSA) is 204 Å². The molecule has 5 rings (SSSR count). The summed E-state index contributed by atoms with van der Waals surface area (Å²) in [5, 5.41) is 23.9. The van der Waals surface area contributed by atoms with Crippen LogP contribution in [-0.2, 0) is 27.4 Å². The van der Waals surface area contributed by atoms with Crippen molar-refractivity contribution in [3.8, 4) is 22.6 Å². The summed E-state index contributed by atoms with van der Waals surface area (Å²) in [5.41, 5.74) is 3.07. The average Bonchev–Trinajstić information content (AvgIpc) is 3.40. The largest absolute Gasteiger partial charge is 0.507 e. The molecule has 0 saturated carbocycles. The Kier molecular flexibility index (Phi) is 12.2. The van der Waals surface area contributed by atoms with Crippen LogP contribution in [0.2, 0.25) is 0 Å². The normalized spacial score (nSPS) is 16.0. The molecule has 1 unspecified atom stereocenters. The monoisotopic (exact) mass is 717 g/mol. The molecule has 1 aliphatic heterocycles. The number of hydrogen-bond acceptors (Lipinski definition) is 9. The van der Waals surface area contributed by atoms with Gasteiger partial charge in [-0.2, -0.15) is 0 Å². The molecule has 3 amide bonds. The SMILES string of the molecule is O=C1CC(c2ccc(C[C@H](NC(=O)OCc3ccccc3)C(=O)NCCCCOc3cccc(O)c3C(=O)O)cc2-c2ccccc2)S(O)(O)N1. The summed E-state index contributed by atoms with van der Waals surface area (Å²) in [5.74, 6) is -2.62. The average molecular weight is 718 g/mol. The molecule has 13 nitrogen and oxygen atoms in total. The zero-order chi connectivity index (χ0) is 36.4. The van der Waals surface area contributed by atoms with Gasteiger partial charge in [0.05, 0.1) is 13.0 Å². The molecule has 1 fully saturated rings. The number of carboxylic acid groups (broad SMARTS) is 1. The number of ether oxygens (including phenoxy) is 2. The third kappa shape index (κ3) is 9.78. The molecule has 1 saturated heterocycles. The van der Waals surface area contributed by atoms with E-state index in [4.69, 9.17) is 9.47 Å². The van der Waals surface area contributed by atoms with Crippen molar-refractivity contribution in [2.45, 2.75) is 43.6 Å². The Labute approximate surface area is 296 Å². The molecule has 2 atom stereocenters. The number of nitrogens with one attached hydrogen (secondary N) is 3. The fourth-order valence-corrected chi connectivity index (χ4v) is 7.19. The Balaban J connectivity index is 1.28. The number of hydrogen-bond donors (Lipinski definition) is 7. The van der Waals surface area contributed by atoms with Gasteiger partial charge in [-0.15, -0.1) is 10.8 Å². The van der Waals surface area contributed by atoms with Crippen molar-refractivity contribution in [3.63, 3.8) is 0 Å². The number of unbranched alkanes of at least 4 members (excludes halogenated alkanes) is 1. The molecule has 1 heterocycles. The number of aromatic hydroxyl groups is 1. The number of alkyl carbamates (subject to hydrolysis) is 1. The van der Waals surface area contributed by atoms with Crippen molar-refractivity contribution in [1.82, 2.24) is 15.4 Å². The lowest BCUT2D eigenvalue weighted by atomic mass is 9.92. The first kappa shape index (κ1) is 36.7. The molecule has 0 spiro atoms. The summed E-state index contributed by atoms with van der Waals surface area (Å²) < 4.78 is 34.6. The minimum absolute atomic E-state index is 0.00278. The first-order valence-electron chi connectivity index (χ1n) is 16.2. The Morgan fingerprint density at radius 1 is 0.902 bits per heavy atom. The number of carbonyl (C=O) groups excluding carboxylic acids is 3. The van der Waals surface area contributed by atoms with Gasteiger partial charge < -0.3 is 30.3 Å². The molecule has 0 radical (unpaired) electrons. The van der Waals surface area contributed by atoms with Crippen molar-refractivity contribution in [3.05, 3.63) is 119 Å². The van der Waals surface area contributed by atoms with Crippen LogP contribution in [0.3, 0.4) is 0 Å². The molecule has 14 heteroatoms. The smallest absolute Gasteiger partial charge is 0.408 e. The van der Waals surface area contributed by atoms with E-state index in [0.29, 0.717) is 29.5 Å². The van der Waals surface area contributed by atoms with Gasteiger partial charge in [-0.25, -0.2) is 9.59 Å². The summed E-state index contributed by atoms with van der Waals surface area (Å²) in [6.45, 7) is 0.353. The maximum absolute atomic E-state index is 13.5. The zero-order valence-corrected chi connectivity index (χ0v) is 28.3. The first-order valence-corrected chi connectivity index (χ1v) is 17.8. The standard InChI is InChI=1S/C37H39N3O10S/c41-30-14-9-15-31(34(30)36(44)45)49-19-8-7-18-38-35(43)29(39-37(46)50-23-24-10-3-1-4-11-24)21-25-16-17-27(32-22-33(42)40-51(32,47)48)28(20-25)26-12-5-2-6-13-26/h1-6,9-17,20,29,32,41,47-48H,7-8,18-19,21-23H2,(H,38,43)(H,39,46)(H,40,42)(H,44,45)/t29-,32?/m0/s1. The van der Waals surface area contributed by atoms with E-state index in [9.17, 15) is 38.5 Å². The van der Waals surface area contributed by atoms with Gasteiger partial charge in [-0.05, 0) is 52.8 Å². The minimum Gasteiger partial charge on any atom is -0.507 e. The van der Waals surface area contributed by atoms with Crippen molar-refractivity contribution in [1.29, 1.82) is 0 Å². The van der Waals surface area contributed by atoms with Gasteiger partial charge >= 0.3 is 12.1 Å². The molecule has 1 aliphatic rings. The van der Waals surface area contributed by atoms with Crippen molar-refractivity contribution >= 4 is 34.7 Å². The van der Waals surface area contributed by atoms with Gasteiger partial charge in [0.2, 0.25) is 11.8 Å². The number of phenols is 1. The van der Waals surface area contributed by atoms with Crippen LogP contribution in [0.25, 0.3) is 11.1 Å². The predicted octanol–water partition coefficient (Wildman–Crippen LogP) is 5.80. The highest BCUT2D eigenvalue weighted by Crippen LogP contribution is 2.57. The molecule has 4 aromatic carbocycles. The fourth-order valence-electron chi connectivity index (χ4n) is 5.68. The minimum atomic E-state index is -3.44. The highest BCUT2D eigenvalue weighted by atomic mass is 32.3. The van der Waals surface area contributed by atoms with E-state index in [1.54, 1.807) is 24.3 Å². The molecule has 268 valence electrons. The van der Waals surface area contributed by atoms with Crippen LogP contribution in [0.4, 0.5) is 4.79 Å². The predicted molar refractivity (Wildman–Crippen MR) is 190 cm³/mol. The number of aromatic carboxylic acids is 1. The molecular formula is C37H39N3O10S. The zero-order valence-electron chi connectivity index (χ0n) is 27.5. The van der Waals surface area contributed by atoms with Crippen LogP contribution >= 0.6 is 10.8 Å². The van der Waals surface area contributed by atoms with E-state index in [0.717, 1.165) is 11.1 Å². The quantitative estimate of drug-likeness (QED) is 0.0737. The van der Waals surface area contributed by atoms with E-state index < -0.39 is 51.7 Å². The van der Waals surface area contributed by atoms with Gasteiger partial charge in [0.15, 0.2) is 0 Å². The van der Waals surface area contributed by atoms with E-state index in [-0.39, 0.29) is 43.9 Å². The van der Waals surface area contributed by atoms with Gasteiger partial charge in [0.25, 0.3) is 0 Å². The summed E-state index contributed by atoms with van der Waals surface area (Å²) >= 11 is 0.